The number of hydrogen-bond donors (Lipinski definition) is 3. The van der Waals surface area contributed by atoms with Crippen molar-refractivity contribution in [3.05, 3.63) is 70.1 Å². The average molecular weight is 586 g/mol. The van der Waals surface area contributed by atoms with Crippen LogP contribution < -0.4 is 4.74 Å². The summed E-state index contributed by atoms with van der Waals surface area (Å²) in [6.07, 6.45) is 13.7. The minimum absolute atomic E-state index is 0.0722. The normalized spacial score (nSPS) is 20.5. The largest absolute Gasteiger partial charge is 0.508 e. The Bertz CT molecular complexity index is 1090. The van der Waals surface area contributed by atoms with Crippen molar-refractivity contribution in [3.8, 4) is 24.3 Å². The number of carboxylic acids is 1. The van der Waals surface area contributed by atoms with E-state index in [1.807, 2.05) is 57.2 Å². The first kappa shape index (κ1) is 35.5. The topological polar surface area (TPSA) is 70.0 Å². The smallest absolute Gasteiger partial charge is 0.312 e. The molecule has 2 heterocycles. The molecule has 2 atom stereocenters. The summed E-state index contributed by atoms with van der Waals surface area (Å²) in [4.78, 5) is 13.2. The third-order valence-corrected chi connectivity index (χ3v) is 8.82. The van der Waals surface area contributed by atoms with Crippen LogP contribution in [0, 0.1) is 31.1 Å². The lowest BCUT2D eigenvalue weighted by molar-refractivity contribution is -0.140. The Morgan fingerprint density at radius 1 is 1.10 bits per heavy atom. The van der Waals surface area contributed by atoms with E-state index in [0.29, 0.717) is 0 Å². The van der Waals surface area contributed by atoms with Crippen LogP contribution in [0.1, 0.15) is 76.2 Å². The van der Waals surface area contributed by atoms with Crippen LogP contribution in [0.4, 0.5) is 0 Å². The van der Waals surface area contributed by atoms with Crippen LogP contribution >= 0.6 is 24.6 Å². The zero-order valence-corrected chi connectivity index (χ0v) is 26.6. The van der Waals surface area contributed by atoms with Crippen molar-refractivity contribution in [2.45, 2.75) is 72.0 Å². The Morgan fingerprint density at radius 2 is 1.70 bits per heavy atom. The molecular weight excluding hydrogens is 539 g/mol. The van der Waals surface area contributed by atoms with Crippen molar-refractivity contribution in [1.82, 2.24) is 4.31 Å². The van der Waals surface area contributed by atoms with Gasteiger partial charge in [-0.2, -0.15) is 0 Å². The molecule has 220 valence electrons. The molecule has 2 N–H and O–H groups in total. The van der Waals surface area contributed by atoms with Crippen molar-refractivity contribution in [2.24, 2.45) is 11.3 Å². The van der Waals surface area contributed by atoms with Crippen LogP contribution in [-0.4, -0.2) is 40.7 Å². The number of ether oxygens (including phenoxy) is 1. The molecule has 2 aromatic carbocycles. The lowest BCUT2D eigenvalue weighted by Gasteiger charge is -2.31. The zero-order chi connectivity index (χ0) is 30.3. The van der Waals surface area contributed by atoms with E-state index in [4.69, 9.17) is 4.74 Å². The summed E-state index contributed by atoms with van der Waals surface area (Å²) >= 11 is 5.85. The van der Waals surface area contributed by atoms with E-state index in [9.17, 15) is 15.0 Å². The number of methoxy groups -OCH3 is 1. The second kappa shape index (κ2) is 18.0. The van der Waals surface area contributed by atoms with Gasteiger partial charge in [0.2, 0.25) is 0 Å². The second-order valence-corrected chi connectivity index (χ2v) is 12.2. The number of thiol groups is 1. The summed E-state index contributed by atoms with van der Waals surface area (Å²) in [7, 11) is 1.66. The van der Waals surface area contributed by atoms with Crippen LogP contribution in [-0.2, 0) is 4.79 Å². The molecule has 2 aliphatic heterocycles. The van der Waals surface area contributed by atoms with Crippen molar-refractivity contribution in [1.29, 1.82) is 0 Å². The molecular formula is C33H47NO4S2. The first-order chi connectivity index (χ1) is 19.1. The van der Waals surface area contributed by atoms with E-state index in [2.05, 4.69) is 43.8 Å². The Morgan fingerprint density at radius 3 is 2.15 bits per heavy atom. The molecule has 40 heavy (non-hydrogen) atoms. The minimum Gasteiger partial charge on any atom is -0.508 e. The van der Waals surface area contributed by atoms with Gasteiger partial charge in [-0.3, -0.25) is 9.10 Å². The number of phenols is 1. The summed E-state index contributed by atoms with van der Waals surface area (Å²) in [5.74, 6) is -0.0297. The highest BCUT2D eigenvalue weighted by atomic mass is 32.2. The number of hydrogen-bond acceptors (Lipinski definition) is 6. The number of allylic oxidation sites excluding steroid dienone is 1. The zero-order valence-electron chi connectivity index (χ0n) is 24.9. The number of benzene rings is 2. The lowest BCUT2D eigenvalue weighted by Crippen LogP contribution is -2.25. The molecule has 1 saturated heterocycles. The molecule has 0 saturated carbocycles. The van der Waals surface area contributed by atoms with Crippen molar-refractivity contribution >= 4 is 30.5 Å². The van der Waals surface area contributed by atoms with E-state index in [0.717, 1.165) is 41.7 Å². The number of phenolic OH excluding ortho intramolecular Hbond substituents is 1. The fraction of sp³-hybridized carbons (Fsp3) is 0.485. The number of terminal acetylenes is 1. The molecule has 7 heteroatoms. The maximum absolute atomic E-state index is 11.9. The fourth-order valence-electron chi connectivity index (χ4n) is 4.89. The highest BCUT2D eigenvalue weighted by Gasteiger charge is 2.45. The highest BCUT2D eigenvalue weighted by Crippen LogP contribution is 2.59. The van der Waals surface area contributed by atoms with Gasteiger partial charge in [0, 0.05) is 13.1 Å². The van der Waals surface area contributed by atoms with Gasteiger partial charge in [0.05, 0.1) is 18.3 Å². The molecule has 3 aliphatic rings. The molecule has 1 fully saturated rings. The van der Waals surface area contributed by atoms with Crippen LogP contribution in [0.5, 0.6) is 11.5 Å². The number of thioether (sulfide) groups is 1. The van der Waals surface area contributed by atoms with E-state index in [-0.39, 0.29) is 16.4 Å². The number of carboxylic acid groups (broad SMARTS) is 1. The Labute approximate surface area is 252 Å². The van der Waals surface area contributed by atoms with Crippen molar-refractivity contribution in [2.75, 3.05) is 20.2 Å². The van der Waals surface area contributed by atoms with Gasteiger partial charge < -0.3 is 14.9 Å². The molecule has 2 unspecified atom stereocenters. The van der Waals surface area contributed by atoms with E-state index < -0.39 is 11.9 Å². The van der Waals surface area contributed by atoms with Crippen LogP contribution in [0.2, 0.25) is 0 Å². The van der Waals surface area contributed by atoms with Crippen LogP contribution in [0.3, 0.4) is 0 Å². The minimum atomic E-state index is -0.729. The number of aromatic hydroxyl groups is 1. The number of para-hydroxylation sites is 1. The molecule has 0 amide bonds. The second-order valence-electron chi connectivity index (χ2n) is 10.4. The number of rotatable bonds is 3. The fourth-order valence-corrected chi connectivity index (χ4v) is 6.86. The first-order valence-electron chi connectivity index (χ1n) is 13.9. The van der Waals surface area contributed by atoms with Gasteiger partial charge in [0.15, 0.2) is 0 Å². The number of aryl methyl sites for hydroxylation is 1. The van der Waals surface area contributed by atoms with E-state index in [1.165, 1.54) is 30.8 Å². The van der Waals surface area contributed by atoms with E-state index >= 15 is 0 Å². The molecule has 0 radical (unpaired) electrons. The number of nitrogens with zero attached hydrogens (tertiary/aromatic N) is 1. The molecule has 5 nitrogen and oxygen atoms in total. The summed E-state index contributed by atoms with van der Waals surface area (Å²) in [6.45, 7) is 12.8. The van der Waals surface area contributed by atoms with E-state index in [1.54, 1.807) is 31.0 Å². The van der Waals surface area contributed by atoms with Gasteiger partial charge in [0.1, 0.15) is 11.5 Å². The predicted molar refractivity (Wildman–Crippen MR) is 173 cm³/mol. The summed E-state index contributed by atoms with van der Waals surface area (Å²) in [5.41, 5.74) is 3.31. The molecule has 0 spiro atoms. The average Bonchev–Trinajstić information content (AvgIpc) is 3.58. The molecule has 5 rings (SSSR count). The maximum atomic E-state index is 11.9. The summed E-state index contributed by atoms with van der Waals surface area (Å²) in [5, 5.41) is 19.3. The van der Waals surface area contributed by atoms with Gasteiger partial charge in [-0.25, -0.2) is 0 Å². The van der Waals surface area contributed by atoms with Gasteiger partial charge in [-0.05, 0) is 90.3 Å². The Hall–Kier alpha value is -2.53. The first-order valence-corrected chi connectivity index (χ1v) is 15.2. The lowest BCUT2D eigenvalue weighted by atomic mass is 9.73. The van der Waals surface area contributed by atoms with Gasteiger partial charge in [0.25, 0.3) is 0 Å². The molecule has 0 aromatic heterocycles. The van der Waals surface area contributed by atoms with Crippen LogP contribution in [0.25, 0.3) is 0 Å². The highest BCUT2D eigenvalue weighted by molar-refractivity contribution is 8.03. The third kappa shape index (κ3) is 10.8. The Balaban J connectivity index is 0.000000362. The number of carbonyl (C=O) groups is 1. The predicted octanol–water partition coefficient (Wildman–Crippen LogP) is 8.55. The monoisotopic (exact) mass is 585 g/mol. The van der Waals surface area contributed by atoms with Crippen LogP contribution in [0.15, 0.2) is 59.0 Å². The van der Waals surface area contributed by atoms with Gasteiger partial charge >= 0.3 is 5.97 Å². The quantitative estimate of drug-likeness (QED) is 0.248. The maximum Gasteiger partial charge on any atom is 0.312 e. The molecule has 2 aromatic rings. The summed E-state index contributed by atoms with van der Waals surface area (Å²) in [6, 6.07) is 14.9. The van der Waals surface area contributed by atoms with Gasteiger partial charge in [-0.1, -0.05) is 64.8 Å². The van der Waals surface area contributed by atoms with Crippen molar-refractivity contribution < 1.29 is 19.7 Å². The Kier molecular flexibility index (Phi) is 16.0. The van der Waals surface area contributed by atoms with Gasteiger partial charge in [-0.15, -0.1) is 24.6 Å². The standard InChI is InChI=1S/C18H22O3S.C7H8O.C4H9NS.C2H6.C2H2/c1-10-8-11(19)4-5-12(10)16-15(17(20)21)13-9-18(2,3)7-6-14(13)22-16;1-8-7-5-3-2-4-6-7;6-5-3-1-2-4-5;2*1-2/h4-5,8,15-16,19H,6-7,9H2,1-3H3,(H,20,21);2-6H,1H3;6H,1-4H2;1-2H3;1-2H. The number of aliphatic carboxylic acids is 1. The SMILES string of the molecule is C#C.CC.COc1ccccc1.Cc1cc(O)ccc1C1SC2=C(CC(C)(C)CC2)C1C(=O)O.SN1CCCC1. The molecule has 0 bridgehead atoms. The molecule has 1 aliphatic carbocycles. The van der Waals surface area contributed by atoms with Crippen molar-refractivity contribution in [3.63, 3.8) is 0 Å². The third-order valence-electron chi connectivity index (χ3n) is 6.89. The summed E-state index contributed by atoms with van der Waals surface area (Å²) < 4.78 is 6.97.